The van der Waals surface area contributed by atoms with Crippen LogP contribution in [0.4, 0.5) is 0 Å². The maximum absolute atomic E-state index is 5.09. The molecule has 62 valence electrons. The molecule has 12 heavy (non-hydrogen) atoms. The van der Waals surface area contributed by atoms with E-state index in [1.807, 2.05) is 12.1 Å². The molecule has 0 aliphatic heterocycles. The van der Waals surface area contributed by atoms with Crippen molar-refractivity contribution in [1.29, 1.82) is 0 Å². The Morgan fingerprint density at radius 3 is 2.25 bits per heavy atom. The van der Waals surface area contributed by atoms with Crippen LogP contribution in [0.2, 0.25) is 0 Å². The summed E-state index contributed by atoms with van der Waals surface area (Å²) >= 11 is 2.16. The summed E-state index contributed by atoms with van der Waals surface area (Å²) in [7, 11) is 3.16. The lowest BCUT2D eigenvalue weighted by molar-refractivity contribution is 0.345. The highest BCUT2D eigenvalue weighted by molar-refractivity contribution is 6.00. The monoisotopic (exact) mass is 180 g/mol. The molecule has 3 nitrogen and oxygen atoms in total. The van der Waals surface area contributed by atoms with Gasteiger partial charge in [-0.3, -0.25) is 0 Å². The Kier molecular flexibility index (Phi) is 3.27. The van der Waals surface area contributed by atoms with Gasteiger partial charge in [0.25, 0.3) is 0 Å². The Labute approximate surface area is 80.0 Å². The Bertz CT molecular complexity index is 240. The van der Waals surface area contributed by atoms with E-state index in [-0.39, 0.29) is 0 Å². The van der Waals surface area contributed by atoms with E-state index in [1.54, 1.807) is 20.3 Å². The molecule has 0 heterocycles. The van der Waals surface area contributed by atoms with Gasteiger partial charge in [-0.05, 0) is 12.1 Å². The number of methoxy groups -OCH3 is 2. The Balaban J connectivity index is 3.13. The fraction of sp³-hybridized carbons (Fsp3) is 0.250. The zero-order chi connectivity index (χ0) is 8.97. The van der Waals surface area contributed by atoms with Crippen molar-refractivity contribution in [2.24, 2.45) is 0 Å². The molecule has 0 aliphatic carbocycles. The van der Waals surface area contributed by atoms with E-state index in [4.69, 9.17) is 13.3 Å². The molecule has 0 amide bonds. The lowest BCUT2D eigenvalue weighted by atomic mass is 10.3. The van der Waals surface area contributed by atoms with E-state index >= 15 is 0 Å². The third-order valence-corrected chi connectivity index (χ3v) is 1.75. The molecule has 0 fully saturated rings. The molecule has 0 unspecified atom stereocenters. The summed E-state index contributed by atoms with van der Waals surface area (Å²) in [6.07, 6.45) is 0. The second-order valence-electron chi connectivity index (χ2n) is 2.11. The number of rotatable bonds is 3. The average Bonchev–Trinajstić information content (AvgIpc) is 2.16. The lowest BCUT2D eigenvalue weighted by Crippen LogP contribution is -1.94. The minimum Gasteiger partial charge on any atom is -0.651 e. The number of benzene rings is 1. The molecule has 1 aromatic rings. The first-order chi connectivity index (χ1) is 5.83. The van der Waals surface area contributed by atoms with E-state index in [1.165, 1.54) is 0 Å². The molecule has 0 atom stereocenters. The average molecular weight is 180 g/mol. The summed E-state index contributed by atoms with van der Waals surface area (Å²) in [6.45, 7) is 0. The van der Waals surface area contributed by atoms with Crippen molar-refractivity contribution >= 4 is 16.6 Å². The second kappa shape index (κ2) is 4.25. The number of ether oxygens (including phenoxy) is 2. The minimum atomic E-state index is 0.606. The smallest absolute Gasteiger partial charge is 0.482 e. The molecule has 0 spiro atoms. The molecule has 0 bridgehead atoms. The van der Waals surface area contributed by atoms with Crippen molar-refractivity contribution in [2.75, 3.05) is 14.2 Å². The summed E-state index contributed by atoms with van der Waals surface area (Å²) < 4.78 is 15.1. The summed E-state index contributed by atoms with van der Waals surface area (Å²) in [5, 5.41) is 0. The Hall–Kier alpha value is -0.848. The van der Waals surface area contributed by atoms with Crippen molar-refractivity contribution in [1.82, 2.24) is 0 Å². The van der Waals surface area contributed by atoms with Gasteiger partial charge in [0.2, 0.25) is 0 Å². The Morgan fingerprint density at radius 2 is 1.75 bits per heavy atom. The van der Waals surface area contributed by atoms with Crippen molar-refractivity contribution in [2.45, 2.75) is 0 Å². The van der Waals surface area contributed by atoms with Gasteiger partial charge in [-0.2, -0.15) is 0 Å². The summed E-state index contributed by atoms with van der Waals surface area (Å²) in [6, 6.07) is 5.45. The van der Waals surface area contributed by atoms with E-state index in [0.717, 1.165) is 0 Å². The molecule has 0 N–H and O–H groups in total. The molecule has 1 rings (SSSR count). The zero-order valence-corrected chi connectivity index (χ0v) is 8.19. The molecule has 0 aliphatic rings. The van der Waals surface area contributed by atoms with E-state index in [0.29, 0.717) is 17.2 Å². The number of hydrogen-bond donors (Lipinski definition) is 0. The highest BCUT2D eigenvalue weighted by atomic mass is 27.1. The highest BCUT2D eigenvalue weighted by Gasteiger charge is 2.07. The first-order valence-electron chi connectivity index (χ1n) is 3.41. The molecule has 4 heteroatoms. The van der Waals surface area contributed by atoms with Crippen LogP contribution >= 0.6 is 0 Å². The minimum absolute atomic E-state index is 0.606. The molecule has 0 saturated carbocycles. The number of hydrogen-bond acceptors (Lipinski definition) is 3. The van der Waals surface area contributed by atoms with E-state index < -0.39 is 0 Å². The zero-order valence-electron chi connectivity index (χ0n) is 7.03. The van der Waals surface area contributed by atoms with Crippen LogP contribution in [0.3, 0.4) is 0 Å². The molecule has 0 aromatic heterocycles. The van der Waals surface area contributed by atoms with Gasteiger partial charge in [-0.15, -0.1) is 0 Å². The molecule has 2 radical (unpaired) electrons. The maximum atomic E-state index is 5.09. The van der Waals surface area contributed by atoms with Gasteiger partial charge in [0.15, 0.2) is 11.5 Å². The van der Waals surface area contributed by atoms with Gasteiger partial charge in [-0.25, -0.2) is 0 Å². The van der Waals surface area contributed by atoms with Crippen molar-refractivity contribution in [3.63, 3.8) is 0 Å². The third-order valence-electron chi connectivity index (χ3n) is 1.49. The Morgan fingerprint density at radius 1 is 1.08 bits per heavy atom. The van der Waals surface area contributed by atoms with Crippen LogP contribution in [-0.2, 0) is 0 Å². The van der Waals surface area contributed by atoms with Crippen LogP contribution in [0, 0.1) is 0 Å². The van der Waals surface area contributed by atoms with E-state index in [2.05, 4.69) is 16.6 Å². The maximum Gasteiger partial charge on any atom is 0.482 e. The van der Waals surface area contributed by atoms with Gasteiger partial charge >= 0.3 is 16.6 Å². The fourth-order valence-corrected chi connectivity index (χ4v) is 1.14. The summed E-state index contributed by atoms with van der Waals surface area (Å²) in [5.74, 6) is 1.91. The number of para-hydroxylation sites is 1. The lowest BCUT2D eigenvalue weighted by Gasteiger charge is -2.12. The fourth-order valence-electron chi connectivity index (χ4n) is 0.950. The molecule has 1 aromatic carbocycles. The van der Waals surface area contributed by atoms with Crippen molar-refractivity contribution < 1.29 is 13.3 Å². The van der Waals surface area contributed by atoms with Crippen LogP contribution in [-0.4, -0.2) is 30.8 Å². The van der Waals surface area contributed by atoms with Crippen LogP contribution in [0.25, 0.3) is 0 Å². The summed E-state index contributed by atoms with van der Waals surface area (Å²) in [5.41, 5.74) is 0. The SMILES string of the molecule is COc1cccc([O][Al])c1OC. The molecule has 0 saturated heterocycles. The van der Waals surface area contributed by atoms with Gasteiger partial charge in [0.1, 0.15) is 5.75 Å². The van der Waals surface area contributed by atoms with Crippen molar-refractivity contribution in [3.8, 4) is 17.2 Å². The van der Waals surface area contributed by atoms with Crippen LogP contribution in [0.15, 0.2) is 18.2 Å². The van der Waals surface area contributed by atoms with Crippen molar-refractivity contribution in [3.05, 3.63) is 18.2 Å². The molecular formula is C8H9AlO3. The second-order valence-corrected chi connectivity index (χ2v) is 2.35. The predicted molar refractivity (Wildman–Crippen MR) is 45.9 cm³/mol. The quantitative estimate of drug-likeness (QED) is 0.653. The predicted octanol–water partition coefficient (Wildman–Crippen LogP) is 1.17. The van der Waals surface area contributed by atoms with Gasteiger partial charge in [-0.1, -0.05) is 6.07 Å². The normalized spacial score (nSPS) is 9.17. The first kappa shape index (κ1) is 9.24. The topological polar surface area (TPSA) is 27.7 Å². The van der Waals surface area contributed by atoms with Crippen LogP contribution < -0.4 is 13.3 Å². The first-order valence-corrected chi connectivity index (χ1v) is 3.88. The highest BCUT2D eigenvalue weighted by Crippen LogP contribution is 2.35. The molecular weight excluding hydrogens is 171 g/mol. The van der Waals surface area contributed by atoms with Gasteiger partial charge in [0, 0.05) is 0 Å². The largest absolute Gasteiger partial charge is 0.651 e. The standard InChI is InChI=1S/C8H10O3.Al/c1-10-7-5-3-4-6(9)8(7)11-2;/h3-5,9H,1-2H3;/q;+1/p-1. The van der Waals surface area contributed by atoms with Crippen LogP contribution in [0.1, 0.15) is 0 Å². The third kappa shape index (κ3) is 1.66. The van der Waals surface area contributed by atoms with Gasteiger partial charge < -0.3 is 13.3 Å². The van der Waals surface area contributed by atoms with E-state index in [9.17, 15) is 0 Å². The van der Waals surface area contributed by atoms with Gasteiger partial charge in [0.05, 0.1) is 14.2 Å². The van der Waals surface area contributed by atoms with Crippen LogP contribution in [0.5, 0.6) is 17.2 Å². The summed E-state index contributed by atoms with van der Waals surface area (Å²) in [4.78, 5) is 0.